The lowest BCUT2D eigenvalue weighted by molar-refractivity contribution is 0.474. The van der Waals surface area contributed by atoms with Gasteiger partial charge in [-0.2, -0.15) is 0 Å². The van der Waals surface area contributed by atoms with Crippen LogP contribution in [-0.4, -0.2) is 24.2 Å². The fraction of sp³-hybridized carbons (Fsp3) is 0.136. The highest BCUT2D eigenvalue weighted by Crippen LogP contribution is 2.38. The molecule has 0 radical (unpaired) electrons. The summed E-state index contributed by atoms with van der Waals surface area (Å²) in [4.78, 5) is 15.5. The van der Waals surface area contributed by atoms with Crippen LogP contribution in [0.2, 0.25) is 0 Å². The molecule has 0 aliphatic rings. The van der Waals surface area contributed by atoms with Gasteiger partial charge in [0.2, 0.25) is 0 Å². The lowest BCUT2D eigenvalue weighted by atomic mass is 10.0. The molecule has 8 heteroatoms. The lowest BCUT2D eigenvalue weighted by Gasteiger charge is -2.16. The molecule has 2 aromatic carbocycles. The van der Waals surface area contributed by atoms with Gasteiger partial charge in [0.1, 0.15) is 22.8 Å². The quantitative estimate of drug-likeness (QED) is 0.531. The summed E-state index contributed by atoms with van der Waals surface area (Å²) in [6.45, 7) is 1.79. The summed E-state index contributed by atoms with van der Waals surface area (Å²) in [5, 5.41) is 0.629. The van der Waals surface area contributed by atoms with Crippen LogP contribution in [0.5, 0.6) is 11.5 Å². The van der Waals surface area contributed by atoms with E-state index in [1.807, 2.05) is 0 Å². The minimum absolute atomic E-state index is 0.110. The number of halogens is 1. The second kappa shape index (κ2) is 7.14. The van der Waals surface area contributed by atoms with E-state index in [-0.39, 0.29) is 10.5 Å². The summed E-state index contributed by atoms with van der Waals surface area (Å²) in [5.74, 6) is 0.218. The van der Waals surface area contributed by atoms with Crippen LogP contribution in [-0.2, 0) is 16.9 Å². The number of aromatic nitrogens is 2. The Balaban J connectivity index is 2.00. The van der Waals surface area contributed by atoms with Gasteiger partial charge in [0.25, 0.3) is 5.56 Å². The number of hydrogen-bond acceptors (Lipinski definition) is 4. The van der Waals surface area contributed by atoms with Gasteiger partial charge in [-0.25, -0.2) is 12.8 Å². The summed E-state index contributed by atoms with van der Waals surface area (Å²) in [5.41, 5.74) is 2.00. The number of hydrogen-bond donors (Lipinski definition) is 1. The van der Waals surface area contributed by atoms with E-state index < -0.39 is 15.7 Å². The second-order valence-electron chi connectivity index (χ2n) is 7.17. The maximum absolute atomic E-state index is 13.8. The average molecular weight is 426 g/mol. The number of aromatic amines is 1. The van der Waals surface area contributed by atoms with Crippen molar-refractivity contribution in [3.05, 3.63) is 76.6 Å². The predicted molar refractivity (Wildman–Crippen MR) is 113 cm³/mol. The van der Waals surface area contributed by atoms with Crippen LogP contribution in [0.3, 0.4) is 0 Å². The summed E-state index contributed by atoms with van der Waals surface area (Å²) >= 11 is 0. The fourth-order valence-corrected chi connectivity index (χ4v) is 3.97. The molecule has 0 fully saturated rings. The Morgan fingerprint density at radius 3 is 2.53 bits per heavy atom. The first-order chi connectivity index (χ1) is 14.1. The number of H-pyrrole nitrogens is 1. The summed E-state index contributed by atoms with van der Waals surface area (Å²) in [7, 11) is -1.87. The average Bonchev–Trinajstić information content (AvgIpc) is 3.17. The zero-order valence-corrected chi connectivity index (χ0v) is 17.4. The number of aryl methyl sites for hydroxylation is 2. The van der Waals surface area contributed by atoms with E-state index in [0.29, 0.717) is 33.5 Å². The van der Waals surface area contributed by atoms with Crippen molar-refractivity contribution in [1.29, 1.82) is 0 Å². The number of nitrogens with zero attached hydrogens (tertiary/aromatic N) is 1. The van der Waals surface area contributed by atoms with Crippen molar-refractivity contribution < 1.29 is 17.5 Å². The van der Waals surface area contributed by atoms with Crippen molar-refractivity contribution in [2.45, 2.75) is 11.8 Å². The van der Waals surface area contributed by atoms with Gasteiger partial charge in [0.15, 0.2) is 9.84 Å². The monoisotopic (exact) mass is 426 g/mol. The lowest BCUT2D eigenvalue weighted by Crippen LogP contribution is -2.16. The molecule has 0 unspecified atom stereocenters. The van der Waals surface area contributed by atoms with Crippen LogP contribution in [0.4, 0.5) is 4.39 Å². The molecule has 6 nitrogen and oxygen atoms in total. The molecule has 30 heavy (non-hydrogen) atoms. The van der Waals surface area contributed by atoms with Crippen molar-refractivity contribution in [2.75, 3.05) is 6.26 Å². The highest BCUT2D eigenvalue weighted by molar-refractivity contribution is 7.90. The Morgan fingerprint density at radius 1 is 1.03 bits per heavy atom. The Hall–Kier alpha value is -3.39. The zero-order chi connectivity index (χ0) is 21.6. The maximum Gasteiger partial charge on any atom is 0.274 e. The zero-order valence-electron chi connectivity index (χ0n) is 16.6. The Labute approximate surface area is 172 Å². The third-order valence-electron chi connectivity index (χ3n) is 4.93. The van der Waals surface area contributed by atoms with E-state index in [9.17, 15) is 17.6 Å². The van der Waals surface area contributed by atoms with Crippen LogP contribution in [0.15, 0.2) is 64.5 Å². The molecule has 1 N–H and O–H groups in total. The van der Waals surface area contributed by atoms with E-state index in [1.54, 1.807) is 44.6 Å². The molecule has 2 heterocycles. The molecule has 0 aliphatic heterocycles. The van der Waals surface area contributed by atoms with E-state index >= 15 is 0 Å². The van der Waals surface area contributed by atoms with Crippen molar-refractivity contribution in [3.63, 3.8) is 0 Å². The van der Waals surface area contributed by atoms with Crippen LogP contribution < -0.4 is 10.3 Å². The SMILES string of the molecule is Cc1ccc(F)cc1Oc1ccc(S(C)(=O)=O)cc1-c1cn(C)c(=O)c2[nH]ccc12. The third kappa shape index (κ3) is 3.50. The molecule has 0 aliphatic carbocycles. The standard InChI is InChI=1S/C22H19FN2O4S/c1-13-4-5-14(23)10-20(13)29-19-7-6-15(30(3,27)28)11-17(19)18-12-25(2)22(26)21-16(18)8-9-24-21/h4-12,24H,1-3H3. The molecule has 154 valence electrons. The van der Waals surface area contributed by atoms with Gasteiger partial charge in [-0.1, -0.05) is 6.07 Å². The molecule has 0 spiro atoms. The number of nitrogens with one attached hydrogen (secondary N) is 1. The van der Waals surface area contributed by atoms with Crippen LogP contribution in [0.25, 0.3) is 22.0 Å². The molecule has 0 bridgehead atoms. The van der Waals surface area contributed by atoms with Gasteiger partial charge in [0.05, 0.1) is 4.90 Å². The molecule has 0 atom stereocenters. The number of sulfone groups is 1. The normalized spacial score (nSPS) is 11.7. The third-order valence-corrected chi connectivity index (χ3v) is 6.04. The predicted octanol–water partition coefficient (Wildman–Crippen LogP) is 4.18. The molecule has 4 aromatic rings. The highest BCUT2D eigenvalue weighted by atomic mass is 32.2. The van der Waals surface area contributed by atoms with Crippen molar-refractivity contribution in [2.24, 2.45) is 7.05 Å². The Bertz CT molecular complexity index is 1450. The van der Waals surface area contributed by atoms with Crippen LogP contribution in [0, 0.1) is 12.7 Å². The molecular formula is C22H19FN2O4S. The first kappa shape index (κ1) is 19.9. The van der Waals surface area contributed by atoms with E-state index in [1.165, 1.54) is 28.8 Å². The van der Waals surface area contributed by atoms with Gasteiger partial charge in [-0.3, -0.25) is 4.79 Å². The number of ether oxygens (including phenoxy) is 1. The summed E-state index contributed by atoms with van der Waals surface area (Å²) in [6.07, 6.45) is 4.40. The van der Waals surface area contributed by atoms with E-state index in [2.05, 4.69) is 4.98 Å². The van der Waals surface area contributed by atoms with Gasteiger partial charge in [-0.05, 0) is 42.8 Å². The molecule has 0 saturated carbocycles. The number of benzene rings is 2. The summed E-state index contributed by atoms with van der Waals surface area (Å²) in [6, 6.07) is 10.5. The van der Waals surface area contributed by atoms with Gasteiger partial charge >= 0.3 is 0 Å². The van der Waals surface area contributed by atoms with Crippen molar-refractivity contribution in [1.82, 2.24) is 9.55 Å². The molecular weight excluding hydrogens is 407 g/mol. The minimum atomic E-state index is -3.49. The highest BCUT2D eigenvalue weighted by Gasteiger charge is 2.18. The number of fused-ring (bicyclic) bond motifs is 1. The Kier molecular flexibility index (Phi) is 4.74. The van der Waals surface area contributed by atoms with E-state index in [0.717, 1.165) is 11.8 Å². The Morgan fingerprint density at radius 2 is 1.80 bits per heavy atom. The fourth-order valence-electron chi connectivity index (χ4n) is 3.33. The smallest absolute Gasteiger partial charge is 0.274 e. The van der Waals surface area contributed by atoms with Gasteiger partial charge in [0, 0.05) is 48.3 Å². The largest absolute Gasteiger partial charge is 0.456 e. The molecule has 4 rings (SSSR count). The number of rotatable bonds is 4. The maximum atomic E-state index is 13.8. The van der Waals surface area contributed by atoms with Gasteiger partial charge < -0.3 is 14.3 Å². The molecule has 0 amide bonds. The van der Waals surface area contributed by atoms with Crippen LogP contribution >= 0.6 is 0 Å². The summed E-state index contributed by atoms with van der Waals surface area (Å²) < 4.78 is 45.5. The topological polar surface area (TPSA) is 81.2 Å². The van der Waals surface area contributed by atoms with Gasteiger partial charge in [-0.15, -0.1) is 0 Å². The van der Waals surface area contributed by atoms with Crippen molar-refractivity contribution in [3.8, 4) is 22.6 Å². The molecule has 2 aromatic heterocycles. The minimum Gasteiger partial charge on any atom is -0.456 e. The second-order valence-corrected chi connectivity index (χ2v) is 9.18. The number of pyridine rings is 1. The first-order valence-corrected chi connectivity index (χ1v) is 11.0. The van der Waals surface area contributed by atoms with E-state index in [4.69, 9.17) is 4.74 Å². The first-order valence-electron chi connectivity index (χ1n) is 9.10. The van der Waals surface area contributed by atoms with Crippen LogP contribution in [0.1, 0.15) is 5.56 Å². The van der Waals surface area contributed by atoms with Crippen molar-refractivity contribution >= 4 is 20.7 Å². The molecule has 0 saturated heterocycles.